The van der Waals surface area contributed by atoms with Crippen LogP contribution in [0.25, 0.3) is 0 Å². The number of carbonyl (C=O) groups is 3. The number of aromatic nitrogens is 2. The van der Waals surface area contributed by atoms with Crippen molar-refractivity contribution in [3.63, 3.8) is 0 Å². The Morgan fingerprint density at radius 3 is 2.29 bits per heavy atom. The molecular formula is C27H29ClN6O4. The maximum Gasteiger partial charge on any atom is 0.276 e. The van der Waals surface area contributed by atoms with Crippen molar-refractivity contribution in [1.82, 2.24) is 20.2 Å². The minimum atomic E-state index is -0.528. The summed E-state index contributed by atoms with van der Waals surface area (Å²) in [7, 11) is 0. The van der Waals surface area contributed by atoms with Gasteiger partial charge in [0.1, 0.15) is 5.69 Å². The highest BCUT2D eigenvalue weighted by molar-refractivity contribution is 6.34. The van der Waals surface area contributed by atoms with Crippen molar-refractivity contribution >= 4 is 40.7 Å². The lowest BCUT2D eigenvalue weighted by molar-refractivity contribution is 0.0886. The Labute approximate surface area is 225 Å². The van der Waals surface area contributed by atoms with E-state index in [2.05, 4.69) is 30.8 Å². The SMILES string of the molecule is O=C(Nc1ccc(NC(=O)c2nc[nH]c2C(=O)N[C@H]2COC[C@@H]2N2CCCCC2)cc1)c1ccccc1Cl. The van der Waals surface area contributed by atoms with Gasteiger partial charge >= 0.3 is 0 Å². The molecule has 0 unspecified atom stereocenters. The van der Waals surface area contributed by atoms with Gasteiger partial charge in [-0.3, -0.25) is 19.3 Å². The van der Waals surface area contributed by atoms with Gasteiger partial charge in [-0.2, -0.15) is 0 Å². The van der Waals surface area contributed by atoms with E-state index in [-0.39, 0.29) is 29.4 Å². The van der Waals surface area contributed by atoms with Crippen LogP contribution in [0.4, 0.5) is 11.4 Å². The molecule has 0 aliphatic carbocycles. The normalized spacial score (nSPS) is 19.6. The molecule has 4 N–H and O–H groups in total. The van der Waals surface area contributed by atoms with E-state index in [1.807, 2.05) is 0 Å². The van der Waals surface area contributed by atoms with Crippen LogP contribution >= 0.6 is 11.6 Å². The first kappa shape index (κ1) is 25.9. The van der Waals surface area contributed by atoms with Gasteiger partial charge in [0.2, 0.25) is 0 Å². The summed E-state index contributed by atoms with van der Waals surface area (Å²) >= 11 is 6.09. The number of nitrogens with zero attached hydrogens (tertiary/aromatic N) is 2. The van der Waals surface area contributed by atoms with Gasteiger partial charge in [0.25, 0.3) is 17.7 Å². The van der Waals surface area contributed by atoms with Crippen molar-refractivity contribution in [3.8, 4) is 0 Å². The average molecular weight is 537 g/mol. The molecule has 2 aromatic carbocycles. The van der Waals surface area contributed by atoms with Gasteiger partial charge in [-0.25, -0.2) is 4.98 Å². The van der Waals surface area contributed by atoms with Crippen LogP contribution in [-0.4, -0.2) is 71.0 Å². The zero-order valence-electron chi connectivity index (χ0n) is 20.7. The Morgan fingerprint density at radius 2 is 1.58 bits per heavy atom. The van der Waals surface area contributed by atoms with Gasteiger partial charge < -0.3 is 25.7 Å². The number of halogens is 1. The molecule has 1 aromatic heterocycles. The number of anilines is 2. The number of hydrogen-bond donors (Lipinski definition) is 4. The fourth-order valence-electron chi connectivity index (χ4n) is 4.84. The fourth-order valence-corrected chi connectivity index (χ4v) is 5.06. The summed E-state index contributed by atoms with van der Waals surface area (Å²) in [6.45, 7) is 3.01. The standard InChI is InChI=1S/C27H29ClN6O4/c28-20-7-3-2-6-19(20)25(35)31-17-8-10-18(11-9-17)32-26(36)23-24(30-16-29-23)27(37)33-21-14-38-15-22(21)34-12-4-1-5-13-34/h2-3,6-11,16,21-22H,1,4-5,12-15H2,(H,29,30)(H,31,35)(H,32,36)(H,33,37)/t21-,22-/m0/s1. The third kappa shape index (κ3) is 5.88. The Morgan fingerprint density at radius 1 is 0.895 bits per heavy atom. The second-order valence-electron chi connectivity index (χ2n) is 9.37. The first-order valence-electron chi connectivity index (χ1n) is 12.6. The maximum atomic E-state index is 13.1. The van der Waals surface area contributed by atoms with E-state index in [0.717, 1.165) is 25.9 Å². The van der Waals surface area contributed by atoms with Crippen LogP contribution in [0.3, 0.4) is 0 Å². The molecule has 2 atom stereocenters. The lowest BCUT2D eigenvalue weighted by Gasteiger charge is -2.34. The number of likely N-dealkylation sites (tertiary alicyclic amines) is 1. The minimum Gasteiger partial charge on any atom is -0.378 e. The van der Waals surface area contributed by atoms with Crippen molar-refractivity contribution in [2.24, 2.45) is 0 Å². The molecule has 0 saturated carbocycles. The minimum absolute atomic E-state index is 0.00737. The number of H-pyrrole nitrogens is 1. The van der Waals surface area contributed by atoms with E-state index in [0.29, 0.717) is 35.2 Å². The highest BCUT2D eigenvalue weighted by Gasteiger charge is 2.35. The van der Waals surface area contributed by atoms with Crippen LogP contribution in [0, 0.1) is 0 Å². The van der Waals surface area contributed by atoms with Crippen molar-refractivity contribution in [2.75, 3.05) is 36.9 Å². The van der Waals surface area contributed by atoms with E-state index >= 15 is 0 Å². The molecule has 0 bridgehead atoms. The molecular weight excluding hydrogens is 508 g/mol. The number of aromatic amines is 1. The van der Waals surface area contributed by atoms with Crippen LogP contribution in [-0.2, 0) is 4.74 Å². The number of nitrogens with one attached hydrogen (secondary N) is 4. The number of imidazole rings is 1. The van der Waals surface area contributed by atoms with Gasteiger partial charge in [0, 0.05) is 11.4 Å². The van der Waals surface area contributed by atoms with Crippen LogP contribution in [0.1, 0.15) is 50.6 Å². The monoisotopic (exact) mass is 536 g/mol. The molecule has 3 amide bonds. The highest BCUT2D eigenvalue weighted by atomic mass is 35.5. The lowest BCUT2D eigenvalue weighted by atomic mass is 10.0. The predicted octanol–water partition coefficient (Wildman–Crippen LogP) is 3.55. The number of piperidine rings is 1. The summed E-state index contributed by atoms with van der Waals surface area (Å²) in [4.78, 5) is 47.7. The highest BCUT2D eigenvalue weighted by Crippen LogP contribution is 2.21. The molecule has 3 heterocycles. The third-order valence-electron chi connectivity index (χ3n) is 6.83. The summed E-state index contributed by atoms with van der Waals surface area (Å²) in [6, 6.07) is 13.3. The molecule has 0 spiro atoms. The van der Waals surface area contributed by atoms with Gasteiger partial charge in [-0.15, -0.1) is 0 Å². The fraction of sp³-hybridized carbons (Fsp3) is 0.333. The first-order chi connectivity index (χ1) is 18.5. The zero-order valence-corrected chi connectivity index (χ0v) is 21.5. The van der Waals surface area contributed by atoms with Crippen molar-refractivity contribution in [2.45, 2.75) is 31.3 Å². The molecule has 5 rings (SSSR count). The molecule has 2 saturated heterocycles. The molecule has 38 heavy (non-hydrogen) atoms. The van der Waals surface area contributed by atoms with Crippen molar-refractivity contribution < 1.29 is 19.1 Å². The number of ether oxygens (including phenoxy) is 1. The topological polar surface area (TPSA) is 128 Å². The summed E-state index contributed by atoms with van der Waals surface area (Å²) in [5, 5.41) is 8.90. The smallest absolute Gasteiger partial charge is 0.276 e. The van der Waals surface area contributed by atoms with Crippen molar-refractivity contribution in [3.05, 3.63) is 76.8 Å². The molecule has 3 aromatic rings. The van der Waals surface area contributed by atoms with Crippen LogP contribution < -0.4 is 16.0 Å². The van der Waals surface area contributed by atoms with Crippen molar-refractivity contribution in [1.29, 1.82) is 0 Å². The number of carbonyl (C=O) groups excluding carboxylic acids is 3. The summed E-state index contributed by atoms with van der Waals surface area (Å²) in [5.41, 5.74) is 1.47. The van der Waals surface area contributed by atoms with E-state index in [4.69, 9.17) is 16.3 Å². The summed E-state index contributed by atoms with van der Waals surface area (Å²) in [5.74, 6) is -1.27. The Kier molecular flexibility index (Phi) is 8.02. The van der Waals surface area contributed by atoms with E-state index in [1.165, 1.54) is 12.7 Å². The summed E-state index contributed by atoms with van der Waals surface area (Å²) in [6.07, 6.45) is 4.85. The number of rotatable bonds is 7. The Bertz CT molecular complexity index is 1300. The molecule has 198 valence electrons. The van der Waals surface area contributed by atoms with Crippen LogP contribution in [0.5, 0.6) is 0 Å². The van der Waals surface area contributed by atoms with Gasteiger partial charge in [0.15, 0.2) is 5.69 Å². The van der Waals surface area contributed by atoms with Crippen LogP contribution in [0.15, 0.2) is 54.9 Å². The average Bonchev–Trinajstić information content (AvgIpc) is 3.61. The largest absolute Gasteiger partial charge is 0.378 e. The number of hydrogen-bond acceptors (Lipinski definition) is 6. The second kappa shape index (κ2) is 11.8. The lowest BCUT2D eigenvalue weighted by Crippen LogP contribution is -2.52. The van der Waals surface area contributed by atoms with E-state index in [9.17, 15) is 14.4 Å². The second-order valence-corrected chi connectivity index (χ2v) is 9.78. The number of amides is 3. The third-order valence-corrected chi connectivity index (χ3v) is 7.16. The first-order valence-corrected chi connectivity index (χ1v) is 13.0. The van der Waals surface area contributed by atoms with Gasteiger partial charge in [-0.05, 0) is 62.3 Å². The van der Waals surface area contributed by atoms with E-state index in [1.54, 1.807) is 48.5 Å². The number of benzene rings is 2. The maximum absolute atomic E-state index is 13.1. The molecule has 0 radical (unpaired) electrons. The zero-order chi connectivity index (χ0) is 26.5. The molecule has 2 fully saturated rings. The quantitative estimate of drug-likeness (QED) is 0.365. The molecule has 11 heteroatoms. The van der Waals surface area contributed by atoms with Gasteiger partial charge in [0.05, 0.1) is 42.2 Å². The molecule has 10 nitrogen and oxygen atoms in total. The predicted molar refractivity (Wildman–Crippen MR) is 144 cm³/mol. The Hall–Kier alpha value is -3.73. The van der Waals surface area contributed by atoms with Crippen LogP contribution in [0.2, 0.25) is 5.02 Å². The Balaban J connectivity index is 1.19. The van der Waals surface area contributed by atoms with Gasteiger partial charge in [-0.1, -0.05) is 30.2 Å². The molecule has 2 aliphatic heterocycles. The van der Waals surface area contributed by atoms with E-state index < -0.39 is 11.8 Å². The molecule has 2 aliphatic rings. The summed E-state index contributed by atoms with van der Waals surface area (Å²) < 4.78 is 5.67.